The third-order valence-electron chi connectivity index (χ3n) is 6.59. The van der Waals surface area contributed by atoms with E-state index in [-0.39, 0.29) is 12.6 Å². The second kappa shape index (κ2) is 9.68. The Morgan fingerprint density at radius 3 is 1.68 bits per heavy atom. The van der Waals surface area contributed by atoms with Crippen molar-refractivity contribution in [2.75, 3.05) is 26.4 Å². The van der Waals surface area contributed by atoms with E-state index in [9.17, 15) is 0 Å². The van der Waals surface area contributed by atoms with Gasteiger partial charge >= 0.3 is 0 Å². The van der Waals surface area contributed by atoms with Crippen LogP contribution in [0.1, 0.15) is 54.9 Å². The molecule has 0 N–H and O–H groups in total. The van der Waals surface area contributed by atoms with Gasteiger partial charge in [0.2, 0.25) is 0 Å². The minimum absolute atomic E-state index is 0.121. The molecule has 0 spiro atoms. The molecule has 8 unspecified atom stereocenters. The lowest BCUT2D eigenvalue weighted by Gasteiger charge is -2.42. The number of ether oxygens (including phenoxy) is 4. The number of fused-ring (bicyclic) bond motifs is 2. The highest BCUT2D eigenvalue weighted by atomic mass is 16.7. The molecule has 0 aliphatic heterocycles. The molecular formula is C21H40O4. The minimum atomic E-state index is -0.122. The molecule has 0 saturated heterocycles. The Kier molecular flexibility index (Phi) is 8.19. The Hall–Kier alpha value is -0.160. The molecule has 2 saturated carbocycles. The summed E-state index contributed by atoms with van der Waals surface area (Å²) in [6, 6.07) is 0. The first-order chi connectivity index (χ1) is 11.9. The van der Waals surface area contributed by atoms with Gasteiger partial charge in [0.15, 0.2) is 12.6 Å². The van der Waals surface area contributed by atoms with Gasteiger partial charge in [-0.15, -0.1) is 0 Å². The van der Waals surface area contributed by atoms with Crippen LogP contribution in [-0.2, 0) is 18.9 Å². The second-order valence-corrected chi connectivity index (χ2v) is 8.28. The predicted molar refractivity (Wildman–Crippen MR) is 100 cm³/mol. The van der Waals surface area contributed by atoms with Crippen LogP contribution in [0.2, 0.25) is 0 Å². The lowest BCUT2D eigenvalue weighted by Crippen LogP contribution is -2.41. The maximum atomic E-state index is 6.06. The summed E-state index contributed by atoms with van der Waals surface area (Å²) in [5.74, 6) is 4.98. The highest BCUT2D eigenvalue weighted by molar-refractivity contribution is 5.04. The van der Waals surface area contributed by atoms with E-state index in [1.807, 2.05) is 27.7 Å². The van der Waals surface area contributed by atoms with Crippen molar-refractivity contribution in [3.8, 4) is 0 Å². The van der Waals surface area contributed by atoms with E-state index in [1.54, 1.807) is 0 Å². The summed E-state index contributed by atoms with van der Waals surface area (Å²) in [5.41, 5.74) is 0. The largest absolute Gasteiger partial charge is 0.353 e. The molecule has 2 aliphatic rings. The van der Waals surface area contributed by atoms with Gasteiger partial charge in [0.1, 0.15) is 0 Å². The highest BCUT2D eigenvalue weighted by Gasteiger charge is 2.56. The summed E-state index contributed by atoms with van der Waals surface area (Å²) in [6.45, 7) is 18.2. The monoisotopic (exact) mass is 356 g/mol. The molecule has 0 radical (unpaired) electrons. The Morgan fingerprint density at radius 2 is 1.24 bits per heavy atom. The van der Waals surface area contributed by atoms with Gasteiger partial charge in [-0.2, -0.15) is 0 Å². The van der Waals surface area contributed by atoms with Crippen molar-refractivity contribution in [2.45, 2.75) is 67.5 Å². The Bertz CT molecular complexity index is 386. The van der Waals surface area contributed by atoms with E-state index in [2.05, 4.69) is 20.8 Å². The average molecular weight is 357 g/mol. The number of hydrogen-bond donors (Lipinski definition) is 0. The van der Waals surface area contributed by atoms with Crippen LogP contribution in [-0.4, -0.2) is 39.0 Å². The maximum absolute atomic E-state index is 6.06. The van der Waals surface area contributed by atoms with Crippen molar-refractivity contribution in [1.29, 1.82) is 0 Å². The summed E-state index contributed by atoms with van der Waals surface area (Å²) < 4.78 is 23.2. The standard InChI is InChI=1S/C21H40O4/c1-8-22-15(6)24-11-19-17-10-18(21(13(3)4)14(17)5)20(19)12-25-16(7)23-9-2/h13-21H,8-12H2,1-7H3. The third-order valence-corrected chi connectivity index (χ3v) is 6.59. The molecule has 25 heavy (non-hydrogen) atoms. The fourth-order valence-electron chi connectivity index (χ4n) is 5.68. The third kappa shape index (κ3) is 4.97. The van der Waals surface area contributed by atoms with Gasteiger partial charge in [0, 0.05) is 13.2 Å². The fraction of sp³-hybridized carbons (Fsp3) is 1.00. The van der Waals surface area contributed by atoms with Crippen LogP contribution in [0.25, 0.3) is 0 Å². The van der Waals surface area contributed by atoms with E-state index in [0.29, 0.717) is 25.0 Å². The first-order valence-electron chi connectivity index (χ1n) is 10.4. The van der Waals surface area contributed by atoms with Crippen LogP contribution in [0, 0.1) is 41.4 Å². The fourth-order valence-corrected chi connectivity index (χ4v) is 5.68. The normalized spacial score (nSPS) is 37.0. The van der Waals surface area contributed by atoms with Crippen molar-refractivity contribution in [1.82, 2.24) is 0 Å². The van der Waals surface area contributed by atoms with Crippen LogP contribution in [0.4, 0.5) is 0 Å². The molecule has 2 bridgehead atoms. The number of rotatable bonds is 11. The van der Waals surface area contributed by atoms with Gasteiger partial charge in [0.25, 0.3) is 0 Å². The molecule has 0 amide bonds. The highest BCUT2D eigenvalue weighted by Crippen LogP contribution is 2.60. The second-order valence-electron chi connectivity index (χ2n) is 8.28. The van der Waals surface area contributed by atoms with Crippen LogP contribution in [0.15, 0.2) is 0 Å². The van der Waals surface area contributed by atoms with Crippen LogP contribution in [0.5, 0.6) is 0 Å². The molecule has 0 heterocycles. The van der Waals surface area contributed by atoms with Crippen LogP contribution < -0.4 is 0 Å². The summed E-state index contributed by atoms with van der Waals surface area (Å²) in [7, 11) is 0. The van der Waals surface area contributed by atoms with E-state index in [1.165, 1.54) is 6.42 Å². The molecule has 2 aliphatic carbocycles. The number of hydrogen-bond acceptors (Lipinski definition) is 4. The molecule has 4 heteroatoms. The Balaban J connectivity index is 2.01. The quantitative estimate of drug-likeness (QED) is 0.508. The molecule has 2 rings (SSSR count). The summed E-state index contributed by atoms with van der Waals surface area (Å²) in [6.07, 6.45) is 1.09. The van der Waals surface area contributed by atoms with Crippen molar-refractivity contribution in [3.63, 3.8) is 0 Å². The molecule has 4 nitrogen and oxygen atoms in total. The zero-order chi connectivity index (χ0) is 18.6. The van der Waals surface area contributed by atoms with Gasteiger partial charge in [0.05, 0.1) is 13.2 Å². The average Bonchev–Trinajstić information content (AvgIpc) is 3.06. The van der Waals surface area contributed by atoms with E-state index in [0.717, 1.165) is 42.8 Å². The van der Waals surface area contributed by atoms with Gasteiger partial charge in [-0.25, -0.2) is 0 Å². The molecule has 0 aromatic carbocycles. The summed E-state index contributed by atoms with van der Waals surface area (Å²) in [5, 5.41) is 0. The molecule has 2 fully saturated rings. The molecular weight excluding hydrogens is 316 g/mol. The molecule has 0 aromatic heterocycles. The molecule has 8 atom stereocenters. The van der Waals surface area contributed by atoms with Crippen molar-refractivity contribution in [3.05, 3.63) is 0 Å². The van der Waals surface area contributed by atoms with Gasteiger partial charge in [-0.1, -0.05) is 20.8 Å². The van der Waals surface area contributed by atoms with E-state index >= 15 is 0 Å². The zero-order valence-electron chi connectivity index (χ0n) is 17.4. The maximum Gasteiger partial charge on any atom is 0.154 e. The summed E-state index contributed by atoms with van der Waals surface area (Å²) >= 11 is 0. The molecule has 148 valence electrons. The summed E-state index contributed by atoms with van der Waals surface area (Å²) in [4.78, 5) is 0. The van der Waals surface area contributed by atoms with Gasteiger partial charge in [-0.05, 0) is 75.5 Å². The van der Waals surface area contributed by atoms with Gasteiger partial charge in [-0.3, -0.25) is 0 Å². The van der Waals surface area contributed by atoms with Crippen molar-refractivity contribution in [2.24, 2.45) is 41.4 Å². The van der Waals surface area contributed by atoms with E-state index in [4.69, 9.17) is 18.9 Å². The van der Waals surface area contributed by atoms with Crippen molar-refractivity contribution >= 4 is 0 Å². The Labute approximate surface area is 154 Å². The predicted octanol–water partition coefficient (Wildman–Crippen LogP) is 4.58. The minimum Gasteiger partial charge on any atom is -0.353 e. The Morgan fingerprint density at radius 1 is 0.760 bits per heavy atom. The lowest BCUT2D eigenvalue weighted by atomic mass is 9.66. The van der Waals surface area contributed by atoms with E-state index < -0.39 is 0 Å². The SMILES string of the molecule is CCOC(C)OCC1C2CC(C1COC(C)OCC)C(C(C)C)C2C. The van der Waals surface area contributed by atoms with Crippen LogP contribution >= 0.6 is 0 Å². The first-order valence-corrected chi connectivity index (χ1v) is 10.4. The van der Waals surface area contributed by atoms with Crippen molar-refractivity contribution < 1.29 is 18.9 Å². The first kappa shape index (κ1) is 21.1. The van der Waals surface area contributed by atoms with Crippen LogP contribution in [0.3, 0.4) is 0 Å². The van der Waals surface area contributed by atoms with Gasteiger partial charge < -0.3 is 18.9 Å². The topological polar surface area (TPSA) is 36.9 Å². The smallest absolute Gasteiger partial charge is 0.154 e. The lowest BCUT2D eigenvalue weighted by molar-refractivity contribution is -0.166. The zero-order valence-corrected chi connectivity index (χ0v) is 17.4. The molecule has 0 aromatic rings.